The second-order valence-electron chi connectivity index (χ2n) is 4.05. The van der Waals surface area contributed by atoms with Crippen molar-refractivity contribution in [1.29, 1.82) is 0 Å². The van der Waals surface area contributed by atoms with Crippen LogP contribution in [0.3, 0.4) is 0 Å². The molecular weight excluding hydrogens is 274 g/mol. The molecule has 0 unspecified atom stereocenters. The molecule has 1 heterocycles. The molecule has 0 amide bonds. The van der Waals surface area contributed by atoms with Crippen molar-refractivity contribution < 1.29 is 18.1 Å². The lowest BCUT2D eigenvalue weighted by Gasteiger charge is -2.28. The topological polar surface area (TPSA) is 116 Å². The number of hydrogen-bond acceptors (Lipinski definition) is 6. The number of anilines is 1. The molecule has 1 aliphatic heterocycles. The van der Waals surface area contributed by atoms with E-state index >= 15 is 0 Å². The van der Waals surface area contributed by atoms with Crippen LogP contribution in [0, 0.1) is 10.1 Å². The Morgan fingerprint density at radius 1 is 1.32 bits per heavy atom. The summed E-state index contributed by atoms with van der Waals surface area (Å²) in [6.45, 7) is 2.01. The maximum atomic E-state index is 11.2. The predicted octanol–water partition coefficient (Wildman–Crippen LogP) is 0.0788. The molecule has 2 rings (SSSR count). The van der Waals surface area contributed by atoms with Crippen molar-refractivity contribution >= 4 is 21.4 Å². The van der Waals surface area contributed by atoms with E-state index < -0.39 is 14.9 Å². The average molecular weight is 287 g/mol. The monoisotopic (exact) mass is 287 g/mol. The van der Waals surface area contributed by atoms with E-state index in [1.54, 1.807) is 4.90 Å². The van der Waals surface area contributed by atoms with Gasteiger partial charge in [0, 0.05) is 19.2 Å². The zero-order chi connectivity index (χ0) is 14.0. The predicted molar refractivity (Wildman–Crippen MR) is 67.5 cm³/mol. The Hall–Kier alpha value is -1.71. The molecule has 0 atom stereocenters. The third-order valence-electron chi connectivity index (χ3n) is 2.82. The van der Waals surface area contributed by atoms with E-state index in [1.165, 1.54) is 12.1 Å². The Morgan fingerprint density at radius 2 is 1.95 bits per heavy atom. The van der Waals surface area contributed by atoms with E-state index in [4.69, 9.17) is 9.88 Å². The van der Waals surface area contributed by atoms with Crippen molar-refractivity contribution in [2.45, 2.75) is 4.90 Å². The highest BCUT2D eigenvalue weighted by Gasteiger charge is 2.23. The molecule has 1 aromatic rings. The first-order chi connectivity index (χ1) is 8.89. The highest BCUT2D eigenvalue weighted by atomic mass is 32.2. The molecule has 0 bridgehead atoms. The quantitative estimate of drug-likeness (QED) is 0.621. The van der Waals surface area contributed by atoms with E-state index in [1.807, 2.05) is 0 Å². The number of nitrogens with zero attached hydrogens (tertiary/aromatic N) is 2. The summed E-state index contributed by atoms with van der Waals surface area (Å²) in [5.41, 5.74) is 0.106. The van der Waals surface area contributed by atoms with Gasteiger partial charge in [-0.15, -0.1) is 0 Å². The highest BCUT2D eigenvalue weighted by molar-refractivity contribution is 7.89. The maximum Gasteiger partial charge on any atom is 0.293 e. The summed E-state index contributed by atoms with van der Waals surface area (Å²) in [6.07, 6.45) is 0. The van der Waals surface area contributed by atoms with Crippen LogP contribution in [-0.2, 0) is 14.8 Å². The van der Waals surface area contributed by atoms with Gasteiger partial charge in [-0.25, -0.2) is 13.6 Å². The summed E-state index contributed by atoms with van der Waals surface area (Å²) in [4.78, 5) is 12.0. The first-order valence-corrected chi connectivity index (χ1v) is 7.08. The first kappa shape index (κ1) is 13.7. The van der Waals surface area contributed by atoms with Crippen molar-refractivity contribution in [3.63, 3.8) is 0 Å². The van der Waals surface area contributed by atoms with Gasteiger partial charge in [0.2, 0.25) is 10.0 Å². The number of nitrogens with two attached hydrogens (primary N) is 1. The van der Waals surface area contributed by atoms with E-state index in [0.29, 0.717) is 32.0 Å². The van der Waals surface area contributed by atoms with Crippen molar-refractivity contribution in [1.82, 2.24) is 0 Å². The molecule has 8 nitrogen and oxygen atoms in total. The van der Waals surface area contributed by atoms with Gasteiger partial charge in [-0.2, -0.15) is 0 Å². The van der Waals surface area contributed by atoms with Crippen molar-refractivity contribution in [2.24, 2.45) is 5.14 Å². The Kier molecular flexibility index (Phi) is 3.69. The number of ether oxygens (including phenoxy) is 1. The summed E-state index contributed by atoms with van der Waals surface area (Å²) in [5, 5.41) is 16.0. The van der Waals surface area contributed by atoms with E-state index in [-0.39, 0.29) is 10.6 Å². The van der Waals surface area contributed by atoms with Gasteiger partial charge in [0.15, 0.2) is 0 Å². The van der Waals surface area contributed by atoms with Gasteiger partial charge in [-0.3, -0.25) is 10.1 Å². The van der Waals surface area contributed by atoms with Gasteiger partial charge in [-0.1, -0.05) is 0 Å². The molecule has 0 aromatic heterocycles. The molecule has 1 saturated heterocycles. The van der Waals surface area contributed by atoms with Gasteiger partial charge in [0.25, 0.3) is 5.69 Å². The fraction of sp³-hybridized carbons (Fsp3) is 0.400. The molecule has 1 fully saturated rings. The maximum absolute atomic E-state index is 11.2. The molecule has 0 radical (unpaired) electrons. The largest absolute Gasteiger partial charge is 0.378 e. The van der Waals surface area contributed by atoms with Crippen LogP contribution < -0.4 is 10.0 Å². The van der Waals surface area contributed by atoms with Gasteiger partial charge in [0.1, 0.15) is 5.69 Å². The number of rotatable bonds is 3. The SMILES string of the molecule is NS(=O)(=O)c1ccc(N2CCOCC2)c([N+](=O)[O-])c1. The summed E-state index contributed by atoms with van der Waals surface area (Å²) in [5.74, 6) is 0. The van der Waals surface area contributed by atoms with Crippen molar-refractivity contribution in [3.05, 3.63) is 28.3 Å². The van der Waals surface area contributed by atoms with Crippen LogP contribution in [0.25, 0.3) is 0 Å². The van der Waals surface area contributed by atoms with Crippen LogP contribution >= 0.6 is 0 Å². The van der Waals surface area contributed by atoms with E-state index in [0.717, 1.165) is 6.07 Å². The van der Waals surface area contributed by atoms with Crippen LogP contribution in [0.15, 0.2) is 23.1 Å². The zero-order valence-electron chi connectivity index (χ0n) is 9.98. The number of primary sulfonamides is 1. The summed E-state index contributed by atoms with van der Waals surface area (Å²) in [6, 6.07) is 3.66. The smallest absolute Gasteiger partial charge is 0.293 e. The molecule has 19 heavy (non-hydrogen) atoms. The molecule has 2 N–H and O–H groups in total. The Morgan fingerprint density at radius 3 is 2.47 bits per heavy atom. The Bertz CT molecular complexity index is 595. The molecule has 0 spiro atoms. The standard InChI is InChI=1S/C10H13N3O5S/c11-19(16,17)8-1-2-9(10(7-8)13(14)15)12-3-5-18-6-4-12/h1-2,7H,3-6H2,(H2,11,16,17). The number of nitro benzene ring substituents is 1. The number of nitro groups is 1. The molecule has 0 aliphatic carbocycles. The number of sulfonamides is 1. The highest BCUT2D eigenvalue weighted by Crippen LogP contribution is 2.30. The number of hydrogen-bond donors (Lipinski definition) is 1. The first-order valence-electron chi connectivity index (χ1n) is 5.53. The van der Waals surface area contributed by atoms with Gasteiger partial charge in [0.05, 0.1) is 23.0 Å². The van der Waals surface area contributed by atoms with Crippen LogP contribution in [0.2, 0.25) is 0 Å². The molecule has 1 aromatic carbocycles. The minimum absolute atomic E-state index is 0.267. The Labute approximate surface area is 110 Å². The molecular formula is C10H13N3O5S. The minimum atomic E-state index is -3.95. The van der Waals surface area contributed by atoms with Gasteiger partial charge >= 0.3 is 0 Å². The summed E-state index contributed by atoms with van der Waals surface area (Å²) < 4.78 is 27.6. The lowest BCUT2D eigenvalue weighted by atomic mass is 10.2. The third-order valence-corrected chi connectivity index (χ3v) is 3.73. The van der Waals surface area contributed by atoms with E-state index in [9.17, 15) is 18.5 Å². The van der Waals surface area contributed by atoms with Crippen LogP contribution in [0.5, 0.6) is 0 Å². The second-order valence-corrected chi connectivity index (χ2v) is 5.61. The van der Waals surface area contributed by atoms with Gasteiger partial charge in [-0.05, 0) is 12.1 Å². The average Bonchev–Trinajstić information content (AvgIpc) is 2.38. The summed E-state index contributed by atoms with van der Waals surface area (Å²) in [7, 11) is -3.95. The zero-order valence-corrected chi connectivity index (χ0v) is 10.8. The molecule has 104 valence electrons. The van der Waals surface area contributed by atoms with Crippen LogP contribution in [-0.4, -0.2) is 39.6 Å². The number of morpholine rings is 1. The molecule has 0 saturated carbocycles. The van der Waals surface area contributed by atoms with Crippen LogP contribution in [0.4, 0.5) is 11.4 Å². The minimum Gasteiger partial charge on any atom is -0.378 e. The molecule has 9 heteroatoms. The lowest BCUT2D eigenvalue weighted by Crippen LogP contribution is -2.36. The fourth-order valence-corrected chi connectivity index (χ4v) is 2.43. The number of benzene rings is 1. The fourth-order valence-electron chi connectivity index (χ4n) is 1.90. The van der Waals surface area contributed by atoms with Gasteiger partial charge < -0.3 is 9.64 Å². The second kappa shape index (κ2) is 5.11. The van der Waals surface area contributed by atoms with Crippen LogP contribution in [0.1, 0.15) is 0 Å². The summed E-state index contributed by atoms with van der Waals surface area (Å²) >= 11 is 0. The normalized spacial score (nSPS) is 16.4. The van der Waals surface area contributed by atoms with E-state index in [2.05, 4.69) is 0 Å². The third kappa shape index (κ3) is 3.00. The van der Waals surface area contributed by atoms with Crippen molar-refractivity contribution in [2.75, 3.05) is 31.2 Å². The molecule has 1 aliphatic rings. The Balaban J connectivity index is 2.46. The lowest BCUT2D eigenvalue weighted by molar-refractivity contribution is -0.384. The van der Waals surface area contributed by atoms with Crippen molar-refractivity contribution in [3.8, 4) is 0 Å².